The van der Waals surface area contributed by atoms with Gasteiger partial charge >= 0.3 is 6.09 Å². The number of nitrogens with two attached hydrogens (primary N) is 1. The molecule has 1 aliphatic heterocycles. The summed E-state index contributed by atoms with van der Waals surface area (Å²) in [5.74, 6) is 0. The van der Waals surface area contributed by atoms with E-state index < -0.39 is 5.60 Å². The highest BCUT2D eigenvalue weighted by Gasteiger charge is 2.46. The van der Waals surface area contributed by atoms with Crippen molar-refractivity contribution in [3.05, 3.63) is 0 Å². The number of rotatable bonds is 2. The summed E-state index contributed by atoms with van der Waals surface area (Å²) in [4.78, 5) is 14.5. The van der Waals surface area contributed by atoms with Crippen LogP contribution in [0.3, 0.4) is 0 Å². The minimum Gasteiger partial charge on any atom is -0.444 e. The first kappa shape index (κ1) is 17.5. The summed E-state index contributed by atoms with van der Waals surface area (Å²) in [5, 5.41) is 9.82. The Morgan fingerprint density at radius 1 is 1.27 bits per heavy atom. The molecular weight excluding hydrogens is 280 g/mol. The van der Waals surface area contributed by atoms with Gasteiger partial charge in [0.25, 0.3) is 0 Å². The molecular formula is C17H32N2O3. The van der Waals surface area contributed by atoms with Crippen molar-refractivity contribution in [1.82, 2.24) is 4.90 Å². The molecule has 1 saturated heterocycles. The van der Waals surface area contributed by atoms with E-state index in [1.807, 2.05) is 25.7 Å². The van der Waals surface area contributed by atoms with Crippen LogP contribution in [0.2, 0.25) is 0 Å². The van der Waals surface area contributed by atoms with Crippen LogP contribution >= 0.6 is 0 Å². The molecule has 0 aromatic carbocycles. The standard InChI is InChI=1S/C17H32N2O3/c1-16(2,3)22-15(21)19-11-5-4-6-14(19)17(12-18)9-7-13(20)8-10-17/h13-14,20H,4-12,18H2,1-3H3. The zero-order chi connectivity index (χ0) is 16.4. The second-order valence-corrected chi connectivity index (χ2v) is 7.98. The van der Waals surface area contributed by atoms with Gasteiger partial charge in [-0.15, -0.1) is 0 Å². The Balaban J connectivity index is 2.16. The second kappa shape index (κ2) is 6.75. The molecule has 3 N–H and O–H groups in total. The highest BCUT2D eigenvalue weighted by Crippen LogP contribution is 2.44. The lowest BCUT2D eigenvalue weighted by Crippen LogP contribution is -2.57. The molecule has 0 spiro atoms. The SMILES string of the molecule is CC(C)(C)OC(=O)N1CCCCC1C1(CN)CCC(O)CC1. The average molecular weight is 312 g/mol. The molecule has 1 saturated carbocycles. The minimum absolute atomic E-state index is 0.0590. The van der Waals surface area contributed by atoms with E-state index in [-0.39, 0.29) is 23.7 Å². The molecule has 5 heteroatoms. The van der Waals surface area contributed by atoms with Crippen molar-refractivity contribution in [2.24, 2.45) is 11.1 Å². The molecule has 5 nitrogen and oxygen atoms in total. The number of likely N-dealkylation sites (tertiary alicyclic amines) is 1. The molecule has 128 valence electrons. The fraction of sp³-hybridized carbons (Fsp3) is 0.941. The summed E-state index contributed by atoms with van der Waals surface area (Å²) in [6.07, 6.45) is 6.10. The topological polar surface area (TPSA) is 75.8 Å². The van der Waals surface area contributed by atoms with E-state index in [1.54, 1.807) is 0 Å². The summed E-state index contributed by atoms with van der Waals surface area (Å²) in [7, 11) is 0. The summed E-state index contributed by atoms with van der Waals surface area (Å²) >= 11 is 0. The van der Waals surface area contributed by atoms with Crippen LogP contribution in [0.25, 0.3) is 0 Å². The fourth-order valence-electron chi connectivity index (χ4n) is 3.96. The molecule has 0 bridgehead atoms. The number of hydrogen-bond donors (Lipinski definition) is 2. The fourth-order valence-corrected chi connectivity index (χ4v) is 3.96. The van der Waals surface area contributed by atoms with Crippen molar-refractivity contribution in [1.29, 1.82) is 0 Å². The van der Waals surface area contributed by atoms with Crippen LogP contribution in [0.1, 0.15) is 65.7 Å². The number of ether oxygens (including phenoxy) is 1. The second-order valence-electron chi connectivity index (χ2n) is 7.98. The first-order valence-corrected chi connectivity index (χ1v) is 8.65. The quantitative estimate of drug-likeness (QED) is 0.822. The summed E-state index contributed by atoms with van der Waals surface area (Å²) < 4.78 is 5.61. The molecule has 22 heavy (non-hydrogen) atoms. The van der Waals surface area contributed by atoms with Crippen molar-refractivity contribution in [3.63, 3.8) is 0 Å². The van der Waals surface area contributed by atoms with Crippen molar-refractivity contribution >= 4 is 6.09 Å². The predicted molar refractivity (Wildman–Crippen MR) is 86.5 cm³/mol. The van der Waals surface area contributed by atoms with E-state index in [1.165, 1.54) is 0 Å². The Labute approximate surface area is 134 Å². The molecule has 1 atom stereocenters. The third-order valence-electron chi connectivity index (χ3n) is 5.20. The van der Waals surface area contributed by atoms with Gasteiger partial charge in [-0.25, -0.2) is 4.79 Å². The highest BCUT2D eigenvalue weighted by atomic mass is 16.6. The molecule has 1 unspecified atom stereocenters. The van der Waals surface area contributed by atoms with Gasteiger partial charge in [-0.2, -0.15) is 0 Å². The largest absolute Gasteiger partial charge is 0.444 e. The van der Waals surface area contributed by atoms with Gasteiger partial charge < -0.3 is 20.5 Å². The monoisotopic (exact) mass is 312 g/mol. The lowest BCUT2D eigenvalue weighted by Gasteiger charge is -2.50. The van der Waals surface area contributed by atoms with Gasteiger partial charge in [0.05, 0.1) is 6.10 Å². The number of carbonyl (C=O) groups is 1. The van der Waals surface area contributed by atoms with Crippen molar-refractivity contribution in [3.8, 4) is 0 Å². The molecule has 1 amide bonds. The summed E-state index contributed by atoms with van der Waals surface area (Å²) in [6, 6.07) is 0.147. The molecule has 0 aromatic rings. The zero-order valence-electron chi connectivity index (χ0n) is 14.3. The number of amides is 1. The Bertz CT molecular complexity index is 384. The normalized spacial score (nSPS) is 33.6. The van der Waals surface area contributed by atoms with Crippen LogP contribution in [0.4, 0.5) is 4.79 Å². The Morgan fingerprint density at radius 3 is 2.45 bits per heavy atom. The number of hydrogen-bond acceptors (Lipinski definition) is 4. The molecule has 0 radical (unpaired) electrons. The molecule has 0 aromatic heterocycles. The first-order chi connectivity index (χ1) is 10.3. The van der Waals surface area contributed by atoms with E-state index in [0.717, 1.165) is 51.5 Å². The van der Waals surface area contributed by atoms with E-state index >= 15 is 0 Å². The number of carbonyl (C=O) groups excluding carboxylic acids is 1. The third kappa shape index (κ3) is 3.93. The van der Waals surface area contributed by atoms with Crippen LogP contribution in [0, 0.1) is 5.41 Å². The van der Waals surface area contributed by atoms with Crippen LogP contribution in [-0.4, -0.2) is 46.9 Å². The predicted octanol–water partition coefficient (Wildman–Crippen LogP) is 2.66. The lowest BCUT2D eigenvalue weighted by molar-refractivity contribution is -0.0363. The molecule has 2 rings (SSSR count). The number of nitrogens with zero attached hydrogens (tertiary/aromatic N) is 1. The average Bonchev–Trinajstić information content (AvgIpc) is 2.47. The number of aliphatic hydroxyl groups is 1. The van der Waals surface area contributed by atoms with E-state index in [4.69, 9.17) is 10.5 Å². The van der Waals surface area contributed by atoms with Gasteiger partial charge in [-0.1, -0.05) is 0 Å². The maximum atomic E-state index is 12.6. The summed E-state index contributed by atoms with van der Waals surface area (Å²) in [5.41, 5.74) is 5.61. The molecule has 1 heterocycles. The van der Waals surface area contributed by atoms with Gasteiger partial charge in [0, 0.05) is 18.0 Å². The van der Waals surface area contributed by atoms with Gasteiger partial charge in [-0.05, 0) is 72.3 Å². The first-order valence-electron chi connectivity index (χ1n) is 8.65. The van der Waals surface area contributed by atoms with Gasteiger partial charge in [0.1, 0.15) is 5.60 Å². The lowest BCUT2D eigenvalue weighted by atomic mass is 9.66. The van der Waals surface area contributed by atoms with E-state index in [9.17, 15) is 9.90 Å². The van der Waals surface area contributed by atoms with E-state index in [0.29, 0.717) is 6.54 Å². The molecule has 2 fully saturated rings. The molecule has 1 aliphatic carbocycles. The third-order valence-corrected chi connectivity index (χ3v) is 5.20. The smallest absolute Gasteiger partial charge is 0.410 e. The van der Waals surface area contributed by atoms with Crippen LogP contribution in [-0.2, 0) is 4.74 Å². The zero-order valence-corrected chi connectivity index (χ0v) is 14.3. The summed E-state index contributed by atoms with van der Waals surface area (Å²) in [6.45, 7) is 7.03. The van der Waals surface area contributed by atoms with Crippen molar-refractivity contribution < 1.29 is 14.6 Å². The van der Waals surface area contributed by atoms with Gasteiger partial charge in [0.2, 0.25) is 0 Å². The van der Waals surface area contributed by atoms with Crippen LogP contribution < -0.4 is 5.73 Å². The van der Waals surface area contributed by atoms with Crippen LogP contribution in [0.15, 0.2) is 0 Å². The number of aliphatic hydroxyl groups excluding tert-OH is 1. The Morgan fingerprint density at radius 2 is 1.91 bits per heavy atom. The van der Waals surface area contributed by atoms with Crippen molar-refractivity contribution in [2.45, 2.75) is 83.5 Å². The Hall–Kier alpha value is -0.810. The highest BCUT2D eigenvalue weighted by molar-refractivity contribution is 5.68. The van der Waals surface area contributed by atoms with E-state index in [2.05, 4.69) is 0 Å². The number of piperidine rings is 1. The van der Waals surface area contributed by atoms with Crippen LogP contribution in [0.5, 0.6) is 0 Å². The maximum absolute atomic E-state index is 12.6. The maximum Gasteiger partial charge on any atom is 0.410 e. The van der Waals surface area contributed by atoms with Gasteiger partial charge in [0.15, 0.2) is 0 Å². The van der Waals surface area contributed by atoms with Crippen molar-refractivity contribution in [2.75, 3.05) is 13.1 Å². The minimum atomic E-state index is -0.474. The Kier molecular flexibility index (Phi) is 5.38. The van der Waals surface area contributed by atoms with Gasteiger partial charge in [-0.3, -0.25) is 0 Å². The molecule has 2 aliphatic rings.